The number of rotatable bonds is 7. The lowest BCUT2D eigenvalue weighted by atomic mass is 10.1. The smallest absolute Gasteiger partial charge is 0.240 e. The Morgan fingerprint density at radius 2 is 1.92 bits per heavy atom. The van der Waals surface area contributed by atoms with Gasteiger partial charge in [-0.1, -0.05) is 29.8 Å². The molecule has 130 valence electrons. The van der Waals surface area contributed by atoms with Gasteiger partial charge in [-0.05, 0) is 24.3 Å². The van der Waals surface area contributed by atoms with Crippen molar-refractivity contribution < 1.29 is 22.3 Å². The summed E-state index contributed by atoms with van der Waals surface area (Å²) in [5.41, 5.74) is 0.710. The molecule has 0 spiro atoms. The van der Waals surface area contributed by atoms with E-state index in [9.17, 15) is 12.8 Å². The van der Waals surface area contributed by atoms with Crippen molar-refractivity contribution in [2.45, 2.75) is 11.0 Å². The predicted molar refractivity (Wildman–Crippen MR) is 89.3 cm³/mol. The summed E-state index contributed by atoms with van der Waals surface area (Å²) in [5.74, 6) is -0.0900. The van der Waals surface area contributed by atoms with Crippen molar-refractivity contribution in [2.75, 3.05) is 20.8 Å². The van der Waals surface area contributed by atoms with Crippen LogP contribution in [0.4, 0.5) is 4.39 Å². The number of hydrogen-bond donors (Lipinski definition) is 1. The van der Waals surface area contributed by atoms with E-state index in [4.69, 9.17) is 21.1 Å². The fraction of sp³-hybridized carbons (Fsp3) is 0.250. The molecule has 0 amide bonds. The number of sulfonamides is 1. The van der Waals surface area contributed by atoms with Crippen LogP contribution in [0.15, 0.2) is 47.4 Å². The van der Waals surface area contributed by atoms with Crippen LogP contribution in [0.25, 0.3) is 0 Å². The standard InChI is InChI=1S/C16H17ClFNO4S/c1-22-15-6-4-3-5-12(15)16(23-2)10-19-24(20,21)11-7-8-14(18)13(17)9-11/h3-9,16,19H,10H2,1-2H3. The van der Waals surface area contributed by atoms with E-state index in [1.807, 2.05) is 0 Å². The predicted octanol–water partition coefficient (Wildman–Crippen LogP) is 3.15. The third-order valence-electron chi connectivity index (χ3n) is 3.43. The van der Waals surface area contributed by atoms with Crippen molar-refractivity contribution in [3.8, 4) is 5.75 Å². The molecule has 8 heteroatoms. The summed E-state index contributed by atoms with van der Waals surface area (Å²) >= 11 is 5.64. The number of benzene rings is 2. The normalized spacial score (nSPS) is 12.8. The Kier molecular flexibility index (Phi) is 6.17. The van der Waals surface area contributed by atoms with Gasteiger partial charge >= 0.3 is 0 Å². The Morgan fingerprint density at radius 1 is 1.21 bits per heavy atom. The van der Waals surface area contributed by atoms with E-state index < -0.39 is 21.9 Å². The first-order chi connectivity index (χ1) is 11.4. The van der Waals surface area contributed by atoms with Gasteiger partial charge in [-0.2, -0.15) is 0 Å². The minimum atomic E-state index is -3.85. The fourth-order valence-electron chi connectivity index (χ4n) is 2.17. The van der Waals surface area contributed by atoms with E-state index in [-0.39, 0.29) is 16.5 Å². The number of nitrogens with one attached hydrogen (secondary N) is 1. The molecule has 0 aliphatic rings. The van der Waals surface area contributed by atoms with Gasteiger partial charge in [0.25, 0.3) is 0 Å². The molecule has 0 saturated carbocycles. The van der Waals surface area contributed by atoms with Gasteiger partial charge in [0.1, 0.15) is 11.6 Å². The molecule has 2 rings (SSSR count). The maximum atomic E-state index is 13.2. The average Bonchev–Trinajstić information content (AvgIpc) is 2.58. The summed E-state index contributed by atoms with van der Waals surface area (Å²) in [4.78, 5) is -0.122. The van der Waals surface area contributed by atoms with Crippen LogP contribution in [0.2, 0.25) is 5.02 Å². The summed E-state index contributed by atoms with van der Waals surface area (Å²) in [6.07, 6.45) is -0.549. The molecule has 0 aliphatic heterocycles. The first-order valence-electron chi connectivity index (χ1n) is 6.99. The fourth-order valence-corrected chi connectivity index (χ4v) is 3.47. The molecule has 0 radical (unpaired) electrons. The second-order valence-electron chi connectivity index (χ2n) is 4.89. The van der Waals surface area contributed by atoms with Gasteiger partial charge in [-0.25, -0.2) is 17.5 Å². The van der Waals surface area contributed by atoms with Gasteiger partial charge in [0, 0.05) is 19.2 Å². The number of methoxy groups -OCH3 is 2. The highest BCUT2D eigenvalue weighted by Crippen LogP contribution is 2.27. The molecule has 24 heavy (non-hydrogen) atoms. The molecule has 0 saturated heterocycles. The lowest BCUT2D eigenvalue weighted by Crippen LogP contribution is -2.29. The molecule has 2 aromatic carbocycles. The third kappa shape index (κ3) is 4.24. The average molecular weight is 374 g/mol. The second kappa shape index (κ2) is 7.94. The van der Waals surface area contributed by atoms with E-state index in [1.165, 1.54) is 14.2 Å². The molecule has 1 N–H and O–H groups in total. The minimum Gasteiger partial charge on any atom is -0.496 e. The largest absolute Gasteiger partial charge is 0.496 e. The summed E-state index contributed by atoms with van der Waals surface area (Å²) in [5, 5.41) is -0.258. The Hall–Kier alpha value is -1.67. The number of halogens is 2. The summed E-state index contributed by atoms with van der Waals surface area (Å²) < 4.78 is 50.9. The van der Waals surface area contributed by atoms with Crippen LogP contribution in [0.3, 0.4) is 0 Å². The first kappa shape index (κ1) is 18.7. The van der Waals surface area contributed by atoms with Crippen molar-refractivity contribution in [3.63, 3.8) is 0 Å². The van der Waals surface area contributed by atoms with Crippen LogP contribution in [0.5, 0.6) is 5.75 Å². The van der Waals surface area contributed by atoms with Crippen molar-refractivity contribution in [3.05, 3.63) is 58.9 Å². The molecule has 2 aromatic rings. The van der Waals surface area contributed by atoms with Crippen molar-refractivity contribution in [1.82, 2.24) is 4.72 Å². The van der Waals surface area contributed by atoms with Gasteiger partial charge in [0.05, 0.1) is 23.1 Å². The van der Waals surface area contributed by atoms with Gasteiger partial charge < -0.3 is 9.47 Å². The molecule has 0 bridgehead atoms. The van der Waals surface area contributed by atoms with Gasteiger partial charge in [-0.3, -0.25) is 0 Å². The minimum absolute atomic E-state index is 0.0196. The molecule has 0 heterocycles. The van der Waals surface area contributed by atoms with Crippen LogP contribution < -0.4 is 9.46 Å². The highest BCUT2D eigenvalue weighted by Gasteiger charge is 2.21. The van der Waals surface area contributed by atoms with Gasteiger partial charge in [-0.15, -0.1) is 0 Å². The van der Waals surface area contributed by atoms with E-state index in [0.717, 1.165) is 18.2 Å². The molecule has 0 fully saturated rings. The molecule has 0 aliphatic carbocycles. The number of ether oxygens (including phenoxy) is 2. The van der Waals surface area contributed by atoms with Crippen molar-refractivity contribution >= 4 is 21.6 Å². The number of hydrogen-bond acceptors (Lipinski definition) is 4. The van der Waals surface area contributed by atoms with Crippen LogP contribution in [-0.2, 0) is 14.8 Å². The lowest BCUT2D eigenvalue weighted by Gasteiger charge is -2.19. The van der Waals surface area contributed by atoms with E-state index >= 15 is 0 Å². The van der Waals surface area contributed by atoms with Crippen LogP contribution in [-0.4, -0.2) is 29.2 Å². The molecular weight excluding hydrogens is 357 g/mol. The van der Waals surface area contributed by atoms with E-state index in [1.54, 1.807) is 24.3 Å². The van der Waals surface area contributed by atoms with Crippen LogP contribution in [0.1, 0.15) is 11.7 Å². The molecule has 1 atom stereocenters. The van der Waals surface area contributed by atoms with E-state index in [0.29, 0.717) is 11.3 Å². The van der Waals surface area contributed by atoms with Crippen molar-refractivity contribution in [1.29, 1.82) is 0 Å². The maximum absolute atomic E-state index is 13.2. The number of para-hydroxylation sites is 1. The quantitative estimate of drug-likeness (QED) is 0.809. The topological polar surface area (TPSA) is 64.6 Å². The SMILES string of the molecule is COc1ccccc1C(CNS(=O)(=O)c1ccc(F)c(Cl)c1)OC. The van der Waals surface area contributed by atoms with Gasteiger partial charge in [0.2, 0.25) is 10.0 Å². The maximum Gasteiger partial charge on any atom is 0.240 e. The monoisotopic (exact) mass is 373 g/mol. The van der Waals surface area contributed by atoms with Gasteiger partial charge in [0.15, 0.2) is 0 Å². The zero-order chi connectivity index (χ0) is 17.7. The highest BCUT2D eigenvalue weighted by atomic mass is 35.5. The summed E-state index contributed by atoms with van der Waals surface area (Å²) in [7, 11) is -0.858. The van der Waals surface area contributed by atoms with E-state index in [2.05, 4.69) is 4.72 Å². The van der Waals surface area contributed by atoms with Crippen LogP contribution in [0, 0.1) is 5.82 Å². The zero-order valence-corrected chi connectivity index (χ0v) is 14.7. The molecule has 1 unspecified atom stereocenters. The lowest BCUT2D eigenvalue weighted by molar-refractivity contribution is 0.105. The zero-order valence-electron chi connectivity index (χ0n) is 13.1. The third-order valence-corrected chi connectivity index (χ3v) is 5.14. The molecular formula is C16H17ClFNO4S. The van der Waals surface area contributed by atoms with Crippen molar-refractivity contribution in [2.24, 2.45) is 0 Å². The Bertz CT molecular complexity index is 813. The Morgan fingerprint density at radius 3 is 2.54 bits per heavy atom. The summed E-state index contributed by atoms with van der Waals surface area (Å²) in [6, 6.07) is 10.4. The first-order valence-corrected chi connectivity index (χ1v) is 8.85. The molecule has 5 nitrogen and oxygen atoms in total. The Labute approximate surface area is 145 Å². The highest BCUT2D eigenvalue weighted by molar-refractivity contribution is 7.89. The Balaban J connectivity index is 2.19. The van der Waals surface area contributed by atoms with Crippen LogP contribution >= 0.6 is 11.6 Å². The summed E-state index contributed by atoms with van der Waals surface area (Å²) in [6.45, 7) is -0.0196. The molecule has 0 aromatic heterocycles. The second-order valence-corrected chi connectivity index (χ2v) is 7.07.